The molecule has 1 N–H and O–H groups in total. The summed E-state index contributed by atoms with van der Waals surface area (Å²) in [4.78, 5) is 3.29. The van der Waals surface area contributed by atoms with Crippen molar-refractivity contribution in [1.29, 1.82) is 0 Å². The van der Waals surface area contributed by atoms with Crippen LogP contribution in [0.5, 0.6) is 0 Å². The van der Waals surface area contributed by atoms with Crippen LogP contribution in [0.25, 0.3) is 0 Å². The van der Waals surface area contributed by atoms with Gasteiger partial charge in [0.2, 0.25) is 0 Å². The molecule has 1 unspecified atom stereocenters. The maximum atomic E-state index is 12.6. The number of hydrogen-bond acceptors (Lipinski definition) is 4. The third-order valence-electron chi connectivity index (χ3n) is 4.70. The summed E-state index contributed by atoms with van der Waals surface area (Å²) in [5.41, 5.74) is 3.99. The van der Waals surface area contributed by atoms with E-state index in [1.165, 1.54) is 37.9 Å². The molecule has 0 amide bonds. The summed E-state index contributed by atoms with van der Waals surface area (Å²) in [5.74, 6) is 0. The van der Waals surface area contributed by atoms with Crippen LogP contribution in [0.15, 0.2) is 29.2 Å². The molecule has 0 radical (unpaired) electrons. The number of likely N-dealkylation sites (tertiary alicyclic amines) is 1. The van der Waals surface area contributed by atoms with Crippen molar-refractivity contribution in [3.05, 3.63) is 41.2 Å². The van der Waals surface area contributed by atoms with Crippen LogP contribution in [-0.4, -0.2) is 32.3 Å². The number of aryl methyl sites for hydroxylation is 2. The third kappa shape index (κ3) is 3.94. The summed E-state index contributed by atoms with van der Waals surface area (Å²) in [6, 6.07) is 8.10. The number of rotatable bonds is 5. The van der Waals surface area contributed by atoms with E-state index in [0.717, 1.165) is 28.5 Å². The van der Waals surface area contributed by atoms with Gasteiger partial charge in [-0.1, -0.05) is 18.6 Å². The zero-order chi connectivity index (χ0) is 17.1. The molecule has 2 heterocycles. The van der Waals surface area contributed by atoms with Crippen molar-refractivity contribution in [2.75, 3.05) is 17.8 Å². The van der Waals surface area contributed by atoms with E-state index in [1.807, 2.05) is 33.0 Å². The van der Waals surface area contributed by atoms with Gasteiger partial charge in [0, 0.05) is 13.6 Å². The molecule has 1 aliphatic rings. The summed E-state index contributed by atoms with van der Waals surface area (Å²) in [7, 11) is 1.89. The van der Waals surface area contributed by atoms with Gasteiger partial charge in [0.15, 0.2) is 4.90 Å². The predicted octanol–water partition coefficient (Wildman–Crippen LogP) is 3.16. The van der Waals surface area contributed by atoms with Crippen molar-refractivity contribution in [1.82, 2.24) is 14.7 Å². The second-order valence-electron chi connectivity index (χ2n) is 6.52. The minimum absolute atomic E-state index is 0.792. The predicted molar refractivity (Wildman–Crippen MR) is 98.3 cm³/mol. The zero-order valence-electron chi connectivity index (χ0n) is 14.7. The summed E-state index contributed by atoms with van der Waals surface area (Å²) in [6.45, 7) is 7.26. The van der Waals surface area contributed by atoms with Crippen molar-refractivity contribution in [2.45, 2.75) is 44.6 Å². The number of nitrogens with zero attached hydrogens (tertiary/aromatic N) is 3. The Balaban J connectivity index is 1.64. The van der Waals surface area contributed by atoms with E-state index >= 15 is 0 Å². The Kier molecular flexibility index (Phi) is 5.48. The fourth-order valence-corrected chi connectivity index (χ4v) is 4.15. The number of benzene rings is 1. The maximum absolute atomic E-state index is 12.6. The van der Waals surface area contributed by atoms with E-state index in [1.54, 1.807) is 4.68 Å². The Morgan fingerprint density at radius 1 is 1.12 bits per heavy atom. The summed E-state index contributed by atoms with van der Waals surface area (Å²) < 4.78 is 17.5. The van der Waals surface area contributed by atoms with Gasteiger partial charge in [0.1, 0.15) is 17.0 Å². The molecule has 1 aromatic heterocycles. The highest BCUT2D eigenvalue weighted by atomic mass is 32.2. The molecule has 1 saturated heterocycles. The molecule has 1 aliphatic heterocycles. The molecule has 1 atom stereocenters. The third-order valence-corrected chi connectivity index (χ3v) is 5.79. The lowest BCUT2D eigenvalue weighted by Gasteiger charge is -2.26. The van der Waals surface area contributed by atoms with Crippen LogP contribution >= 0.6 is 0 Å². The van der Waals surface area contributed by atoms with Crippen LogP contribution in [0.4, 0.5) is 5.69 Å². The molecule has 2 aromatic rings. The summed E-state index contributed by atoms with van der Waals surface area (Å²) in [6.07, 6.45) is 3.96. The van der Waals surface area contributed by atoms with E-state index in [4.69, 9.17) is 0 Å². The molecule has 0 spiro atoms. The van der Waals surface area contributed by atoms with E-state index < -0.39 is 11.4 Å². The first kappa shape index (κ1) is 17.3. The van der Waals surface area contributed by atoms with Crippen molar-refractivity contribution >= 4 is 17.0 Å². The number of hydrogen-bond donors (Lipinski definition) is 1. The van der Waals surface area contributed by atoms with Crippen LogP contribution < -0.4 is 4.72 Å². The molecular formula is C18H26N4OS. The Hall–Kier alpha value is -1.50. The van der Waals surface area contributed by atoms with Gasteiger partial charge in [-0.2, -0.15) is 9.82 Å². The van der Waals surface area contributed by atoms with Crippen molar-refractivity contribution in [3.8, 4) is 0 Å². The monoisotopic (exact) mass is 346 g/mol. The van der Waals surface area contributed by atoms with E-state index in [0.29, 0.717) is 0 Å². The second-order valence-corrected chi connectivity index (χ2v) is 7.73. The minimum Gasteiger partial charge on any atom is -0.588 e. The molecule has 0 bridgehead atoms. The normalized spacial score (nSPS) is 17.0. The van der Waals surface area contributed by atoms with Gasteiger partial charge in [0.25, 0.3) is 0 Å². The largest absolute Gasteiger partial charge is 0.588 e. The van der Waals surface area contributed by atoms with Gasteiger partial charge < -0.3 is 4.55 Å². The smallest absolute Gasteiger partial charge is 0.179 e. The molecule has 24 heavy (non-hydrogen) atoms. The van der Waals surface area contributed by atoms with Crippen molar-refractivity contribution in [2.24, 2.45) is 7.05 Å². The second kappa shape index (κ2) is 7.59. The fourth-order valence-electron chi connectivity index (χ4n) is 3.17. The summed E-state index contributed by atoms with van der Waals surface area (Å²) >= 11 is -1.27. The van der Waals surface area contributed by atoms with E-state index in [-0.39, 0.29) is 0 Å². The molecule has 0 saturated carbocycles. The number of anilines is 1. The van der Waals surface area contributed by atoms with Crippen LogP contribution in [0.1, 0.15) is 36.2 Å². The molecule has 3 rings (SSSR count). The van der Waals surface area contributed by atoms with Gasteiger partial charge in [0.05, 0.1) is 11.4 Å². The lowest BCUT2D eigenvalue weighted by molar-refractivity contribution is 0.221. The first-order chi connectivity index (χ1) is 11.5. The quantitative estimate of drug-likeness (QED) is 0.845. The van der Waals surface area contributed by atoms with Crippen LogP contribution in [-0.2, 0) is 25.0 Å². The minimum atomic E-state index is -1.27. The van der Waals surface area contributed by atoms with E-state index in [9.17, 15) is 4.55 Å². The van der Waals surface area contributed by atoms with E-state index in [2.05, 4.69) is 26.9 Å². The molecule has 1 fully saturated rings. The lowest BCUT2D eigenvalue weighted by atomic mass is 10.1. The number of aromatic nitrogens is 2. The summed E-state index contributed by atoms with van der Waals surface area (Å²) in [5, 5.41) is 4.35. The molecule has 6 heteroatoms. The maximum Gasteiger partial charge on any atom is 0.179 e. The Morgan fingerprint density at radius 2 is 1.79 bits per heavy atom. The standard InChI is InChI=1S/C18H26N4OS/c1-14-18(15(2)21(3)19-14)20-24(23)17-9-7-16(8-10-17)13-22-11-5-4-6-12-22/h7-10,20H,4-6,11-13H2,1-3H3. The van der Waals surface area contributed by atoms with Crippen LogP contribution in [0.2, 0.25) is 0 Å². The molecular weight excluding hydrogens is 320 g/mol. The Labute approximate surface area is 147 Å². The van der Waals surface area contributed by atoms with Crippen molar-refractivity contribution < 1.29 is 4.55 Å². The Bertz CT molecular complexity index is 677. The topological polar surface area (TPSA) is 56.1 Å². The van der Waals surface area contributed by atoms with Crippen molar-refractivity contribution in [3.63, 3.8) is 0 Å². The van der Waals surface area contributed by atoms with Gasteiger partial charge >= 0.3 is 0 Å². The molecule has 0 aliphatic carbocycles. The van der Waals surface area contributed by atoms with Gasteiger partial charge in [-0.15, -0.1) is 0 Å². The molecule has 130 valence electrons. The van der Waals surface area contributed by atoms with Gasteiger partial charge in [-0.05, 0) is 57.5 Å². The molecule has 5 nitrogen and oxygen atoms in total. The average molecular weight is 347 g/mol. The lowest BCUT2D eigenvalue weighted by Crippen LogP contribution is -2.29. The zero-order valence-corrected chi connectivity index (χ0v) is 15.5. The van der Waals surface area contributed by atoms with Crippen LogP contribution in [0, 0.1) is 13.8 Å². The number of nitrogens with one attached hydrogen (secondary N) is 1. The van der Waals surface area contributed by atoms with Crippen LogP contribution in [0.3, 0.4) is 0 Å². The first-order valence-electron chi connectivity index (χ1n) is 8.54. The SMILES string of the molecule is Cc1nn(C)c(C)c1N[S+]([O-])c1ccc(CN2CCCCC2)cc1. The first-order valence-corrected chi connectivity index (χ1v) is 9.69. The highest BCUT2D eigenvalue weighted by Gasteiger charge is 2.18. The highest BCUT2D eigenvalue weighted by molar-refractivity contribution is 7.92. The average Bonchev–Trinajstić information content (AvgIpc) is 2.83. The van der Waals surface area contributed by atoms with Gasteiger partial charge in [-0.3, -0.25) is 9.58 Å². The fraction of sp³-hybridized carbons (Fsp3) is 0.500. The highest BCUT2D eigenvalue weighted by Crippen LogP contribution is 2.23. The Morgan fingerprint density at radius 3 is 2.38 bits per heavy atom. The van der Waals surface area contributed by atoms with Gasteiger partial charge in [-0.25, -0.2) is 0 Å². The number of piperidine rings is 1. The molecule has 1 aromatic carbocycles.